The Labute approximate surface area is 211 Å². The molecule has 0 aliphatic carbocycles. The van der Waals surface area contributed by atoms with Crippen molar-refractivity contribution >= 4 is 61.7 Å². The Bertz CT molecular complexity index is 1350. The first kappa shape index (κ1) is 25.0. The number of thioether (sulfide) groups is 1. The average Bonchev–Trinajstić information content (AvgIpc) is 3.26. The van der Waals surface area contributed by atoms with E-state index in [4.69, 9.17) is 14.9 Å². The molecule has 2 aliphatic heterocycles. The predicted octanol–water partition coefficient (Wildman–Crippen LogP) is 3.88. The standard InChI is InChI=1S/C23H22N4O5S3/c1-3-31-19-14-15(9-10-18(19)32-11-12-33-16-7-5-4-6-8-16)13-17-20(24)27-22(25-21(17)28)34-26-23(27)35(2,29)30/h4-10,13-14,24H,3,11-12H2,1-2H3/b17-13-,24-20?. The molecule has 9 nitrogen and oxygen atoms in total. The number of carbonyl (C=O) groups excluding carboxylic acids is 1. The SMILES string of the molecule is CCOc1cc(/C=C2/C(=N)N3C(=NC2=O)SN=C3S(C)(=O)=O)ccc1OCCSc1ccccc1. The third kappa shape index (κ3) is 5.77. The van der Waals surface area contributed by atoms with Crippen LogP contribution in [0.1, 0.15) is 12.5 Å². The second-order valence-electron chi connectivity index (χ2n) is 7.33. The van der Waals surface area contributed by atoms with Crippen LogP contribution in [0.2, 0.25) is 0 Å². The summed E-state index contributed by atoms with van der Waals surface area (Å²) in [5.74, 6) is 0.877. The largest absolute Gasteiger partial charge is 0.490 e. The van der Waals surface area contributed by atoms with E-state index in [0.29, 0.717) is 30.3 Å². The van der Waals surface area contributed by atoms with E-state index in [1.54, 1.807) is 30.0 Å². The monoisotopic (exact) mass is 530 g/mol. The van der Waals surface area contributed by atoms with Crippen LogP contribution in [-0.4, -0.2) is 60.6 Å². The average molecular weight is 531 g/mol. The number of nitrogens with zero attached hydrogens (tertiary/aromatic N) is 3. The number of carbonyl (C=O) groups is 1. The summed E-state index contributed by atoms with van der Waals surface area (Å²) in [6.07, 6.45) is 2.47. The third-order valence-electron chi connectivity index (χ3n) is 4.76. The van der Waals surface area contributed by atoms with Gasteiger partial charge in [-0.05, 0) is 42.8 Å². The van der Waals surface area contributed by atoms with Crippen LogP contribution in [0.5, 0.6) is 11.5 Å². The number of aliphatic imine (C=N–C) groups is 1. The van der Waals surface area contributed by atoms with E-state index < -0.39 is 15.7 Å². The van der Waals surface area contributed by atoms with Crippen LogP contribution in [0.15, 0.2) is 68.4 Å². The molecule has 0 saturated carbocycles. The Kier molecular flexibility index (Phi) is 7.63. The number of fused-ring (bicyclic) bond motifs is 1. The Morgan fingerprint density at radius 2 is 1.91 bits per heavy atom. The Morgan fingerprint density at radius 3 is 2.63 bits per heavy atom. The highest BCUT2D eigenvalue weighted by Gasteiger charge is 2.41. The van der Waals surface area contributed by atoms with Crippen LogP contribution in [0.25, 0.3) is 6.08 Å². The highest BCUT2D eigenvalue weighted by atomic mass is 32.2. The quantitative estimate of drug-likeness (QED) is 0.236. The van der Waals surface area contributed by atoms with Gasteiger partial charge in [0.1, 0.15) is 5.84 Å². The summed E-state index contributed by atoms with van der Waals surface area (Å²) in [7, 11) is -3.71. The zero-order valence-electron chi connectivity index (χ0n) is 18.9. The van der Waals surface area contributed by atoms with E-state index in [1.165, 1.54) is 6.08 Å². The minimum absolute atomic E-state index is 0.0460. The van der Waals surface area contributed by atoms with Crippen molar-refractivity contribution in [1.82, 2.24) is 4.90 Å². The number of ether oxygens (including phenoxy) is 2. The first-order chi connectivity index (χ1) is 16.8. The predicted molar refractivity (Wildman–Crippen MR) is 140 cm³/mol. The van der Waals surface area contributed by atoms with Crippen LogP contribution in [0.3, 0.4) is 0 Å². The molecule has 0 saturated heterocycles. The maximum atomic E-state index is 12.6. The molecule has 1 amide bonds. The number of hydrogen-bond donors (Lipinski definition) is 1. The van der Waals surface area contributed by atoms with Gasteiger partial charge in [-0.15, -0.1) is 11.8 Å². The van der Waals surface area contributed by atoms with Crippen LogP contribution in [-0.2, 0) is 14.6 Å². The number of hydrogen-bond acceptors (Lipinski definition) is 9. The van der Waals surface area contributed by atoms with E-state index in [9.17, 15) is 13.2 Å². The summed E-state index contributed by atoms with van der Waals surface area (Å²) < 4.78 is 39.6. The summed E-state index contributed by atoms with van der Waals surface area (Å²) in [5.41, 5.74) is 0.527. The fraction of sp³-hybridized carbons (Fsp3) is 0.217. The summed E-state index contributed by atoms with van der Waals surface area (Å²) in [6, 6.07) is 15.2. The van der Waals surface area contributed by atoms with Crippen molar-refractivity contribution in [3.05, 3.63) is 59.7 Å². The smallest absolute Gasteiger partial charge is 0.283 e. The number of amidine groups is 3. The van der Waals surface area contributed by atoms with Gasteiger partial charge in [-0.1, -0.05) is 24.3 Å². The van der Waals surface area contributed by atoms with Gasteiger partial charge >= 0.3 is 0 Å². The topological polar surface area (TPSA) is 121 Å². The first-order valence-electron chi connectivity index (χ1n) is 10.5. The highest BCUT2D eigenvalue weighted by Crippen LogP contribution is 2.32. The van der Waals surface area contributed by atoms with Gasteiger partial charge in [0.15, 0.2) is 11.5 Å². The van der Waals surface area contributed by atoms with Crippen molar-refractivity contribution in [3.63, 3.8) is 0 Å². The van der Waals surface area contributed by atoms with E-state index >= 15 is 0 Å². The Hall–Kier alpha value is -3.09. The minimum Gasteiger partial charge on any atom is -0.490 e. The third-order valence-corrected chi connectivity index (χ3v) is 7.49. The molecule has 1 N–H and O–H groups in total. The second-order valence-corrected chi connectivity index (χ2v) is 11.1. The molecule has 0 radical (unpaired) electrons. The molecule has 182 valence electrons. The second kappa shape index (κ2) is 10.7. The van der Waals surface area contributed by atoms with Gasteiger partial charge in [0.05, 0.1) is 30.7 Å². The van der Waals surface area contributed by atoms with Gasteiger partial charge in [-0.25, -0.2) is 13.3 Å². The van der Waals surface area contributed by atoms with Crippen molar-refractivity contribution < 1.29 is 22.7 Å². The van der Waals surface area contributed by atoms with E-state index in [2.05, 4.69) is 9.39 Å². The van der Waals surface area contributed by atoms with Crippen molar-refractivity contribution in [2.75, 3.05) is 25.2 Å². The lowest BCUT2D eigenvalue weighted by Gasteiger charge is -2.23. The zero-order chi connectivity index (χ0) is 25.0. The summed E-state index contributed by atoms with van der Waals surface area (Å²) >= 11 is 2.44. The highest BCUT2D eigenvalue weighted by molar-refractivity contribution is 8.16. The lowest BCUT2D eigenvalue weighted by molar-refractivity contribution is -0.114. The number of amides is 1. The van der Waals surface area contributed by atoms with Crippen LogP contribution in [0, 0.1) is 5.41 Å². The molecule has 0 aromatic heterocycles. The molecule has 0 fully saturated rings. The first-order valence-corrected chi connectivity index (χ1v) is 14.2. The number of sulfone groups is 1. The lowest BCUT2D eigenvalue weighted by Crippen LogP contribution is -2.45. The van der Waals surface area contributed by atoms with Crippen molar-refractivity contribution in [3.8, 4) is 11.5 Å². The van der Waals surface area contributed by atoms with Crippen molar-refractivity contribution in [2.24, 2.45) is 9.39 Å². The lowest BCUT2D eigenvalue weighted by atomic mass is 10.1. The molecular formula is C23H22N4O5S3. The molecule has 0 bridgehead atoms. The number of rotatable bonds is 8. The molecule has 4 rings (SSSR count). The molecule has 12 heteroatoms. The van der Waals surface area contributed by atoms with Crippen LogP contribution >= 0.6 is 23.7 Å². The number of nitrogens with one attached hydrogen (secondary N) is 1. The Morgan fingerprint density at radius 1 is 1.14 bits per heavy atom. The minimum atomic E-state index is -3.71. The van der Waals surface area contributed by atoms with Gasteiger partial charge in [-0.2, -0.15) is 9.39 Å². The van der Waals surface area contributed by atoms with Gasteiger partial charge in [0.25, 0.3) is 5.91 Å². The van der Waals surface area contributed by atoms with E-state index in [1.807, 2.05) is 37.3 Å². The molecule has 2 aliphatic rings. The van der Waals surface area contributed by atoms with Gasteiger partial charge in [-0.3, -0.25) is 10.2 Å². The van der Waals surface area contributed by atoms with Crippen LogP contribution < -0.4 is 9.47 Å². The summed E-state index contributed by atoms with van der Waals surface area (Å²) in [4.78, 5) is 18.7. The maximum Gasteiger partial charge on any atom is 0.283 e. The van der Waals surface area contributed by atoms with E-state index in [0.717, 1.165) is 33.8 Å². The van der Waals surface area contributed by atoms with Crippen LogP contribution in [0.4, 0.5) is 0 Å². The molecule has 2 aromatic rings. The van der Waals surface area contributed by atoms with Crippen molar-refractivity contribution in [2.45, 2.75) is 11.8 Å². The summed E-state index contributed by atoms with van der Waals surface area (Å²) in [6.45, 7) is 2.74. The van der Waals surface area contributed by atoms with Gasteiger partial charge in [0, 0.05) is 16.9 Å². The van der Waals surface area contributed by atoms with Gasteiger partial charge in [0.2, 0.25) is 20.2 Å². The fourth-order valence-corrected chi connectivity index (χ4v) is 5.83. The normalized spacial score (nSPS) is 16.7. The zero-order valence-corrected chi connectivity index (χ0v) is 21.4. The molecular weight excluding hydrogens is 508 g/mol. The molecule has 0 spiro atoms. The van der Waals surface area contributed by atoms with E-state index in [-0.39, 0.29) is 21.7 Å². The number of benzene rings is 2. The molecule has 35 heavy (non-hydrogen) atoms. The molecule has 0 atom stereocenters. The molecule has 0 unspecified atom stereocenters. The molecule has 2 aromatic carbocycles. The molecule has 2 heterocycles. The van der Waals surface area contributed by atoms with Crippen molar-refractivity contribution in [1.29, 1.82) is 5.41 Å². The maximum absolute atomic E-state index is 12.6. The Balaban J connectivity index is 1.52. The summed E-state index contributed by atoms with van der Waals surface area (Å²) in [5, 5.41) is 8.19. The van der Waals surface area contributed by atoms with Gasteiger partial charge < -0.3 is 9.47 Å². The fourth-order valence-electron chi connectivity index (χ4n) is 3.23.